The lowest BCUT2D eigenvalue weighted by Gasteiger charge is -2.17. The van der Waals surface area contributed by atoms with E-state index in [1.807, 2.05) is 56.3 Å². The van der Waals surface area contributed by atoms with Gasteiger partial charge < -0.3 is 9.47 Å². The van der Waals surface area contributed by atoms with E-state index >= 15 is 0 Å². The molecule has 1 heterocycles. The van der Waals surface area contributed by atoms with Crippen LogP contribution in [-0.2, 0) is 33.1 Å². The number of benzene rings is 3. The van der Waals surface area contributed by atoms with E-state index in [1.54, 1.807) is 6.07 Å². The van der Waals surface area contributed by atoms with E-state index in [-0.39, 0.29) is 12.6 Å². The maximum atomic E-state index is 13.5. The third-order valence-electron chi connectivity index (χ3n) is 7.19. The monoisotopic (exact) mass is 491 g/mol. The van der Waals surface area contributed by atoms with Crippen molar-refractivity contribution >= 4 is 15.8 Å². The molecule has 1 N–H and O–H groups in total. The van der Waals surface area contributed by atoms with E-state index in [9.17, 15) is 13.2 Å². The van der Waals surface area contributed by atoms with Gasteiger partial charge in [-0.15, -0.1) is 0 Å². The van der Waals surface area contributed by atoms with Crippen molar-refractivity contribution in [1.82, 2.24) is 4.72 Å². The average molecular weight is 492 g/mol. The Labute approximate surface area is 206 Å². The number of sulfonamides is 1. The van der Waals surface area contributed by atoms with Gasteiger partial charge in [-0.05, 0) is 90.9 Å². The first-order valence-corrected chi connectivity index (χ1v) is 13.4. The number of ether oxygens (including phenoxy) is 2. The molecule has 1 aliphatic heterocycles. The molecule has 3 aromatic rings. The van der Waals surface area contributed by atoms with Gasteiger partial charge in [0.25, 0.3) is 0 Å². The van der Waals surface area contributed by atoms with Gasteiger partial charge in [0.1, 0.15) is 5.78 Å². The van der Waals surface area contributed by atoms with E-state index < -0.39 is 15.4 Å². The molecule has 0 unspecified atom stereocenters. The Morgan fingerprint density at radius 3 is 2.49 bits per heavy atom. The molecule has 5 rings (SSSR count). The molecule has 0 atom stereocenters. The number of ketones is 1. The lowest BCUT2D eigenvalue weighted by Crippen LogP contribution is -2.22. The fourth-order valence-corrected chi connectivity index (χ4v) is 5.90. The molecule has 6 nitrogen and oxygen atoms in total. The van der Waals surface area contributed by atoms with Crippen molar-refractivity contribution in [3.63, 3.8) is 0 Å². The molecule has 35 heavy (non-hydrogen) atoms. The summed E-state index contributed by atoms with van der Waals surface area (Å²) in [6.45, 7) is 4.19. The molecule has 1 saturated carbocycles. The minimum Gasteiger partial charge on any atom is -0.454 e. The molecule has 0 saturated heterocycles. The van der Waals surface area contributed by atoms with Crippen molar-refractivity contribution < 1.29 is 22.7 Å². The number of hydrogen-bond donors (Lipinski definition) is 1. The van der Waals surface area contributed by atoms with Crippen LogP contribution in [0.1, 0.15) is 42.0 Å². The summed E-state index contributed by atoms with van der Waals surface area (Å²) in [6, 6.07) is 17.3. The number of hydrogen-bond acceptors (Lipinski definition) is 5. The molecule has 3 aromatic carbocycles. The molecule has 0 aromatic heterocycles. The van der Waals surface area contributed by atoms with Gasteiger partial charge in [0, 0.05) is 6.42 Å². The number of fused-ring (bicyclic) bond motifs is 1. The second kappa shape index (κ2) is 8.81. The Balaban J connectivity index is 1.43. The lowest BCUT2D eigenvalue weighted by atomic mass is 9.86. The number of nitrogens with one attached hydrogen (secondary N) is 1. The molecule has 0 amide bonds. The van der Waals surface area contributed by atoms with Crippen molar-refractivity contribution in [2.75, 3.05) is 13.8 Å². The van der Waals surface area contributed by atoms with Crippen LogP contribution in [-0.4, -0.2) is 28.0 Å². The van der Waals surface area contributed by atoms with Gasteiger partial charge in [-0.1, -0.05) is 37.3 Å². The quantitative estimate of drug-likeness (QED) is 0.494. The molecular weight excluding hydrogens is 462 g/mol. The second-order valence-corrected chi connectivity index (χ2v) is 11.1. The maximum Gasteiger partial charge on any atom is 0.240 e. The first-order chi connectivity index (χ1) is 16.8. The van der Waals surface area contributed by atoms with Gasteiger partial charge in [-0.25, -0.2) is 13.1 Å². The summed E-state index contributed by atoms with van der Waals surface area (Å²) in [5, 5.41) is 0. The summed E-state index contributed by atoms with van der Waals surface area (Å²) in [5.74, 6) is 1.63. The maximum absolute atomic E-state index is 13.5. The van der Waals surface area contributed by atoms with E-state index in [1.165, 1.54) is 7.05 Å². The van der Waals surface area contributed by atoms with Crippen LogP contribution in [0, 0.1) is 6.92 Å². The minimum absolute atomic E-state index is 0.205. The molecule has 0 radical (unpaired) electrons. The Morgan fingerprint density at radius 2 is 1.77 bits per heavy atom. The van der Waals surface area contributed by atoms with Crippen LogP contribution in [0.2, 0.25) is 0 Å². The zero-order valence-corrected chi connectivity index (χ0v) is 21.0. The van der Waals surface area contributed by atoms with Crippen LogP contribution < -0.4 is 14.2 Å². The molecule has 0 spiro atoms. The largest absolute Gasteiger partial charge is 0.454 e. The Kier molecular flexibility index (Phi) is 5.93. The Morgan fingerprint density at radius 1 is 1.00 bits per heavy atom. The second-order valence-electron chi connectivity index (χ2n) is 9.28. The van der Waals surface area contributed by atoms with E-state index in [0.717, 1.165) is 52.0 Å². The highest BCUT2D eigenvalue weighted by molar-refractivity contribution is 7.89. The summed E-state index contributed by atoms with van der Waals surface area (Å²) in [4.78, 5) is 13.8. The Hall–Kier alpha value is -3.16. The van der Waals surface area contributed by atoms with Crippen LogP contribution in [0.5, 0.6) is 11.5 Å². The van der Waals surface area contributed by atoms with Crippen LogP contribution in [0.3, 0.4) is 0 Å². The van der Waals surface area contributed by atoms with Gasteiger partial charge in [-0.2, -0.15) is 0 Å². The van der Waals surface area contributed by atoms with Gasteiger partial charge >= 0.3 is 0 Å². The predicted molar refractivity (Wildman–Crippen MR) is 134 cm³/mol. The van der Waals surface area contributed by atoms with Crippen LogP contribution in [0.4, 0.5) is 0 Å². The molecule has 7 heteroatoms. The van der Waals surface area contributed by atoms with Crippen molar-refractivity contribution in [1.29, 1.82) is 0 Å². The van der Waals surface area contributed by atoms with E-state index in [4.69, 9.17) is 9.47 Å². The zero-order valence-electron chi connectivity index (χ0n) is 20.2. The highest BCUT2D eigenvalue weighted by Crippen LogP contribution is 2.51. The van der Waals surface area contributed by atoms with Gasteiger partial charge in [0.15, 0.2) is 11.5 Å². The van der Waals surface area contributed by atoms with Crippen LogP contribution >= 0.6 is 0 Å². The van der Waals surface area contributed by atoms with Crippen molar-refractivity contribution in [3.8, 4) is 22.6 Å². The molecular formula is C28H29NO5S. The molecule has 1 aliphatic carbocycles. The fraction of sp³-hybridized carbons (Fsp3) is 0.321. The normalized spacial score (nSPS) is 15.7. The Bertz CT molecular complexity index is 1420. The SMILES string of the molecule is CCc1cc(-c2cc(CC(=O)C3(c4ccc5c(c4)OCO5)CC3)ccc2C)ccc1S(=O)(=O)NC. The molecule has 0 bridgehead atoms. The number of carbonyl (C=O) groups is 1. The summed E-state index contributed by atoms with van der Waals surface area (Å²) in [6.07, 6.45) is 2.62. The number of Topliss-reactive ketones (excluding diaryl/α,β-unsaturated/α-hetero) is 1. The number of carbonyl (C=O) groups excluding carboxylic acids is 1. The van der Waals surface area contributed by atoms with Gasteiger partial charge in [0.2, 0.25) is 16.8 Å². The zero-order chi connectivity index (χ0) is 24.8. The molecule has 182 valence electrons. The lowest BCUT2D eigenvalue weighted by molar-refractivity contribution is -0.120. The highest BCUT2D eigenvalue weighted by atomic mass is 32.2. The fourth-order valence-electron chi connectivity index (χ4n) is 4.89. The molecule has 1 fully saturated rings. The van der Waals surface area contributed by atoms with E-state index in [2.05, 4.69) is 10.8 Å². The van der Waals surface area contributed by atoms with Crippen molar-refractivity contribution in [3.05, 3.63) is 76.9 Å². The highest BCUT2D eigenvalue weighted by Gasteiger charge is 2.50. The third kappa shape index (κ3) is 4.23. The summed E-state index contributed by atoms with van der Waals surface area (Å²) >= 11 is 0. The standard InChI is InChI=1S/C28H29NO5S/c1-4-20-15-21(7-10-26(20)35(31,32)29-3)23-13-19(6-5-18(23)2)14-27(30)28(11-12-28)22-8-9-24-25(16-22)34-17-33-24/h5-10,13,15-16,29H,4,11-12,14,17H2,1-3H3. The smallest absolute Gasteiger partial charge is 0.240 e. The van der Waals surface area contributed by atoms with Gasteiger partial charge in [0.05, 0.1) is 10.3 Å². The number of aryl methyl sites for hydroxylation is 2. The van der Waals surface area contributed by atoms with Gasteiger partial charge in [-0.3, -0.25) is 4.79 Å². The topological polar surface area (TPSA) is 81.7 Å². The summed E-state index contributed by atoms with van der Waals surface area (Å²) in [5.41, 5.74) is 5.28. The third-order valence-corrected chi connectivity index (χ3v) is 8.70. The average Bonchev–Trinajstić information content (AvgIpc) is 3.55. The van der Waals surface area contributed by atoms with Crippen molar-refractivity contribution in [2.45, 2.75) is 49.8 Å². The first kappa shape index (κ1) is 23.6. The molecule has 2 aliphatic rings. The van der Waals surface area contributed by atoms with Crippen LogP contribution in [0.15, 0.2) is 59.5 Å². The minimum atomic E-state index is -3.53. The number of rotatable bonds is 8. The predicted octanol–water partition coefficient (Wildman–Crippen LogP) is 4.70. The summed E-state index contributed by atoms with van der Waals surface area (Å²) in [7, 11) is -2.11. The van der Waals surface area contributed by atoms with E-state index in [0.29, 0.717) is 23.5 Å². The summed E-state index contributed by atoms with van der Waals surface area (Å²) < 4.78 is 38.1. The first-order valence-electron chi connectivity index (χ1n) is 11.9. The van der Waals surface area contributed by atoms with Crippen molar-refractivity contribution in [2.24, 2.45) is 0 Å². The van der Waals surface area contributed by atoms with Crippen LogP contribution in [0.25, 0.3) is 11.1 Å².